The van der Waals surface area contributed by atoms with Gasteiger partial charge in [0.2, 0.25) is 11.9 Å². The first-order valence-electron chi connectivity index (χ1n) is 14.0. The van der Waals surface area contributed by atoms with Crippen molar-refractivity contribution >= 4 is 29.1 Å². The highest BCUT2D eigenvalue weighted by molar-refractivity contribution is 6.01. The van der Waals surface area contributed by atoms with Gasteiger partial charge in [0, 0.05) is 43.6 Å². The molecule has 1 aromatic heterocycles. The highest BCUT2D eigenvalue weighted by Gasteiger charge is 2.25. The van der Waals surface area contributed by atoms with Crippen molar-refractivity contribution < 1.29 is 0 Å². The second kappa shape index (κ2) is 12.4. The van der Waals surface area contributed by atoms with E-state index >= 15 is 0 Å². The van der Waals surface area contributed by atoms with E-state index in [9.17, 15) is 0 Å². The lowest BCUT2D eigenvalue weighted by Gasteiger charge is -2.41. The molecule has 3 aliphatic rings. The van der Waals surface area contributed by atoms with Crippen molar-refractivity contribution in [1.82, 2.24) is 15.1 Å². The first kappa shape index (κ1) is 25.4. The van der Waals surface area contributed by atoms with Gasteiger partial charge in [0.05, 0.1) is 5.69 Å². The van der Waals surface area contributed by atoms with Crippen LogP contribution in [0, 0.1) is 0 Å². The molecule has 5 rings (SSSR count). The summed E-state index contributed by atoms with van der Waals surface area (Å²) < 4.78 is 0. The molecule has 9 heteroatoms. The van der Waals surface area contributed by atoms with Gasteiger partial charge in [-0.15, -0.1) is 5.10 Å². The summed E-state index contributed by atoms with van der Waals surface area (Å²) in [5.41, 5.74) is 16.5. The number of rotatable bonds is 4. The van der Waals surface area contributed by atoms with E-state index in [2.05, 4.69) is 47.4 Å². The Morgan fingerprint density at radius 2 is 1.54 bits per heavy atom. The molecule has 2 fully saturated rings. The number of hydrogen-bond acceptors (Lipinski definition) is 5. The number of aromatic nitrogens is 2. The van der Waals surface area contributed by atoms with Crippen LogP contribution in [0.15, 0.2) is 40.3 Å². The average Bonchev–Trinajstić information content (AvgIpc) is 2.90. The molecule has 1 aliphatic heterocycles. The van der Waals surface area contributed by atoms with Gasteiger partial charge in [-0.2, -0.15) is 15.1 Å². The third-order valence-corrected chi connectivity index (χ3v) is 7.93. The summed E-state index contributed by atoms with van der Waals surface area (Å²) >= 11 is 0. The van der Waals surface area contributed by atoms with Crippen LogP contribution in [0.25, 0.3) is 0 Å². The zero-order valence-corrected chi connectivity index (χ0v) is 21.9. The molecule has 5 N–H and O–H groups in total. The molecule has 0 atom stereocenters. The molecule has 198 valence electrons. The number of nitrogens with two attached hydrogens (primary N) is 2. The molecule has 37 heavy (non-hydrogen) atoms. The fraction of sp³-hybridized carbons (Fsp3) is 0.571. The SMILES string of the molecule is NC(=Nc1cc2c(nn1)CCCCCC2)/N=C(\N)Nc1ccc(N2CCN(C3CCCCC3)CC2)cc1. The summed E-state index contributed by atoms with van der Waals surface area (Å²) in [4.78, 5) is 13.7. The summed E-state index contributed by atoms with van der Waals surface area (Å²) in [6.07, 6.45) is 13.8. The Balaban J connectivity index is 1.14. The van der Waals surface area contributed by atoms with Gasteiger partial charge in [0.25, 0.3) is 0 Å². The van der Waals surface area contributed by atoms with E-state index in [1.165, 1.54) is 62.6 Å². The Morgan fingerprint density at radius 3 is 2.30 bits per heavy atom. The summed E-state index contributed by atoms with van der Waals surface area (Å²) in [5, 5.41) is 11.7. The standard InChI is InChI=1S/C28H41N9/c29-27(33-28(30)32-26-20-21-8-4-1-2-7-11-25(21)34-35-26)31-22-12-14-24(15-13-22)37-18-16-36(17-19-37)23-9-5-3-6-10-23/h12-15,20,23H,1-11,16-19H2,(H5,29,30,31,32,33,35). The zero-order chi connectivity index (χ0) is 25.5. The maximum absolute atomic E-state index is 6.10. The largest absolute Gasteiger partial charge is 0.369 e. The molecule has 2 heterocycles. The van der Waals surface area contributed by atoms with Crippen LogP contribution in [0.5, 0.6) is 0 Å². The smallest absolute Gasteiger partial charge is 0.225 e. The Hall–Kier alpha value is -3.20. The lowest BCUT2D eigenvalue weighted by atomic mass is 9.94. The van der Waals surface area contributed by atoms with Crippen molar-refractivity contribution in [2.45, 2.75) is 76.7 Å². The molecule has 9 nitrogen and oxygen atoms in total. The maximum Gasteiger partial charge on any atom is 0.225 e. The van der Waals surface area contributed by atoms with Gasteiger partial charge in [-0.05, 0) is 74.4 Å². The third kappa shape index (κ3) is 6.97. The maximum atomic E-state index is 6.10. The minimum absolute atomic E-state index is 0.0533. The minimum atomic E-state index is 0.0533. The number of hydrogen-bond donors (Lipinski definition) is 3. The summed E-state index contributed by atoms with van der Waals surface area (Å²) in [7, 11) is 0. The van der Waals surface area contributed by atoms with Gasteiger partial charge in [-0.25, -0.2) is 0 Å². The number of aliphatic imine (C=N–C) groups is 2. The van der Waals surface area contributed by atoms with Gasteiger partial charge in [0.15, 0.2) is 5.82 Å². The second-order valence-electron chi connectivity index (χ2n) is 10.5. The Morgan fingerprint density at radius 1 is 0.838 bits per heavy atom. The highest BCUT2D eigenvalue weighted by atomic mass is 15.3. The van der Waals surface area contributed by atoms with E-state index in [1.54, 1.807) is 0 Å². The number of anilines is 2. The van der Waals surface area contributed by atoms with Crippen LogP contribution < -0.4 is 21.7 Å². The van der Waals surface area contributed by atoms with E-state index in [0.717, 1.165) is 62.9 Å². The fourth-order valence-corrected chi connectivity index (χ4v) is 5.88. The Labute approximate surface area is 220 Å². The quantitative estimate of drug-likeness (QED) is 0.426. The molecule has 0 spiro atoms. The number of nitrogens with zero attached hydrogens (tertiary/aromatic N) is 6. The number of piperazine rings is 1. The van der Waals surface area contributed by atoms with Crippen molar-refractivity contribution in [1.29, 1.82) is 0 Å². The average molecular weight is 504 g/mol. The van der Waals surface area contributed by atoms with Crippen molar-refractivity contribution in [3.63, 3.8) is 0 Å². The molecule has 0 amide bonds. The highest BCUT2D eigenvalue weighted by Crippen LogP contribution is 2.26. The fourth-order valence-electron chi connectivity index (χ4n) is 5.88. The van der Waals surface area contributed by atoms with Gasteiger partial charge in [-0.3, -0.25) is 4.90 Å². The normalized spacial score (nSPS) is 20.7. The van der Waals surface area contributed by atoms with Crippen LogP contribution >= 0.6 is 0 Å². The molecule has 1 aromatic carbocycles. The van der Waals surface area contributed by atoms with Crippen LogP contribution in [-0.2, 0) is 12.8 Å². The van der Waals surface area contributed by atoms with E-state index in [-0.39, 0.29) is 11.9 Å². The Kier molecular flexibility index (Phi) is 8.50. The van der Waals surface area contributed by atoms with E-state index in [0.29, 0.717) is 5.82 Å². The van der Waals surface area contributed by atoms with Crippen molar-refractivity contribution in [3.05, 3.63) is 41.6 Å². The predicted octanol–water partition coefficient (Wildman–Crippen LogP) is 3.96. The molecule has 0 bridgehead atoms. The predicted molar refractivity (Wildman–Crippen MR) is 152 cm³/mol. The Bertz CT molecular complexity index is 1080. The molecule has 1 saturated heterocycles. The summed E-state index contributed by atoms with van der Waals surface area (Å²) in [6.45, 7) is 4.45. The molecule has 0 radical (unpaired) electrons. The van der Waals surface area contributed by atoms with Gasteiger partial charge >= 0.3 is 0 Å². The summed E-state index contributed by atoms with van der Waals surface area (Å²) in [6, 6.07) is 11.1. The molecule has 2 aliphatic carbocycles. The first-order chi connectivity index (χ1) is 18.1. The molecular formula is C28H41N9. The van der Waals surface area contributed by atoms with Crippen LogP contribution in [-0.4, -0.2) is 59.2 Å². The van der Waals surface area contributed by atoms with Gasteiger partial charge in [-0.1, -0.05) is 32.1 Å². The summed E-state index contributed by atoms with van der Waals surface area (Å²) in [5.74, 6) is 0.716. The molecular weight excluding hydrogens is 462 g/mol. The monoisotopic (exact) mass is 503 g/mol. The number of nitrogens with one attached hydrogen (secondary N) is 1. The molecule has 0 unspecified atom stereocenters. The van der Waals surface area contributed by atoms with Crippen molar-refractivity contribution in [2.75, 3.05) is 36.4 Å². The minimum Gasteiger partial charge on any atom is -0.369 e. The number of aryl methyl sites for hydroxylation is 2. The first-order valence-corrected chi connectivity index (χ1v) is 14.0. The molecule has 2 aromatic rings. The second-order valence-corrected chi connectivity index (χ2v) is 10.5. The van der Waals surface area contributed by atoms with Gasteiger partial charge in [0.1, 0.15) is 0 Å². The third-order valence-electron chi connectivity index (χ3n) is 7.93. The van der Waals surface area contributed by atoms with Crippen molar-refractivity contribution in [2.24, 2.45) is 21.5 Å². The van der Waals surface area contributed by atoms with Gasteiger partial charge < -0.3 is 21.7 Å². The van der Waals surface area contributed by atoms with E-state index < -0.39 is 0 Å². The zero-order valence-electron chi connectivity index (χ0n) is 21.9. The lowest BCUT2D eigenvalue weighted by Crippen LogP contribution is -2.50. The van der Waals surface area contributed by atoms with Crippen molar-refractivity contribution in [3.8, 4) is 0 Å². The van der Waals surface area contributed by atoms with Crippen LogP contribution in [0.1, 0.15) is 69.0 Å². The number of guanidine groups is 2. The van der Waals surface area contributed by atoms with Crippen LogP contribution in [0.3, 0.4) is 0 Å². The topological polar surface area (TPSA) is 121 Å². The number of benzene rings is 1. The van der Waals surface area contributed by atoms with E-state index in [1.807, 2.05) is 18.2 Å². The van der Waals surface area contributed by atoms with Crippen LogP contribution in [0.2, 0.25) is 0 Å². The lowest BCUT2D eigenvalue weighted by molar-refractivity contribution is 0.148. The van der Waals surface area contributed by atoms with E-state index in [4.69, 9.17) is 11.5 Å². The van der Waals surface area contributed by atoms with Crippen LogP contribution in [0.4, 0.5) is 17.2 Å². The number of fused-ring (bicyclic) bond motifs is 1. The molecule has 1 saturated carbocycles.